The van der Waals surface area contributed by atoms with Crippen molar-refractivity contribution >= 4 is 26.6 Å². The fourth-order valence-electron chi connectivity index (χ4n) is 1.59. The molecule has 0 atom stereocenters. The second kappa shape index (κ2) is 4.16. The lowest BCUT2D eigenvalue weighted by Gasteiger charge is -2.18. The molecule has 0 amide bonds. The first kappa shape index (κ1) is 13.7. The van der Waals surface area contributed by atoms with Gasteiger partial charge in [0, 0.05) is 11.6 Å². The van der Waals surface area contributed by atoms with Gasteiger partial charge in [-0.25, -0.2) is 12.8 Å². The molecule has 0 aliphatic rings. The summed E-state index contributed by atoms with van der Waals surface area (Å²) in [4.78, 5) is 12.2. The van der Waals surface area contributed by atoms with E-state index in [0.29, 0.717) is 11.0 Å². The number of carbonyl (C=O) groups is 1. The van der Waals surface area contributed by atoms with Crippen LogP contribution in [0.25, 0.3) is 11.0 Å². The van der Waals surface area contributed by atoms with Gasteiger partial charge >= 0.3 is 0 Å². The van der Waals surface area contributed by atoms with Crippen LogP contribution in [0.1, 0.15) is 24.4 Å². The number of rotatable bonds is 3. The number of furan rings is 1. The zero-order valence-corrected chi connectivity index (χ0v) is 11.5. The van der Waals surface area contributed by atoms with Crippen LogP contribution >= 0.6 is 0 Å². The highest BCUT2D eigenvalue weighted by Gasteiger charge is 2.40. The van der Waals surface area contributed by atoms with Crippen LogP contribution in [0.4, 0.5) is 4.39 Å². The van der Waals surface area contributed by atoms with Crippen molar-refractivity contribution in [3.63, 3.8) is 0 Å². The van der Waals surface area contributed by atoms with Crippen molar-refractivity contribution in [3.8, 4) is 0 Å². The van der Waals surface area contributed by atoms with E-state index in [2.05, 4.69) is 0 Å². The Balaban J connectivity index is 2.54. The number of hydrogen-bond donors (Lipinski definition) is 0. The summed E-state index contributed by atoms with van der Waals surface area (Å²) < 4.78 is 40.0. The monoisotopic (exact) mass is 284 g/mol. The number of ketones is 1. The highest BCUT2D eigenvalue weighted by Crippen LogP contribution is 2.26. The molecular formula is C13H13FO4S. The summed E-state index contributed by atoms with van der Waals surface area (Å²) in [6.45, 7) is 2.64. The van der Waals surface area contributed by atoms with E-state index in [9.17, 15) is 17.6 Å². The minimum absolute atomic E-state index is 0.0870. The van der Waals surface area contributed by atoms with Crippen molar-refractivity contribution in [2.24, 2.45) is 0 Å². The van der Waals surface area contributed by atoms with Gasteiger partial charge in [0.25, 0.3) is 0 Å². The van der Waals surface area contributed by atoms with E-state index in [1.807, 2.05) is 0 Å². The Morgan fingerprint density at radius 1 is 1.26 bits per heavy atom. The predicted octanol–water partition coefficient (Wildman–Crippen LogP) is 2.58. The quantitative estimate of drug-likeness (QED) is 0.813. The van der Waals surface area contributed by atoms with Gasteiger partial charge in [-0.2, -0.15) is 0 Å². The summed E-state index contributed by atoms with van der Waals surface area (Å²) in [6, 6.07) is 5.19. The van der Waals surface area contributed by atoms with Gasteiger partial charge in [0.2, 0.25) is 5.78 Å². The summed E-state index contributed by atoms with van der Waals surface area (Å²) in [5, 5.41) is 0.424. The molecule has 0 radical (unpaired) electrons. The van der Waals surface area contributed by atoms with Crippen LogP contribution in [-0.4, -0.2) is 25.2 Å². The number of benzene rings is 1. The summed E-state index contributed by atoms with van der Waals surface area (Å²) in [5.74, 6) is -1.18. The molecule has 4 nitrogen and oxygen atoms in total. The molecule has 0 N–H and O–H groups in total. The van der Waals surface area contributed by atoms with Crippen LogP contribution in [0.3, 0.4) is 0 Å². The predicted molar refractivity (Wildman–Crippen MR) is 69.4 cm³/mol. The summed E-state index contributed by atoms with van der Waals surface area (Å²) in [6.07, 6.45) is 0.993. The Labute approximate surface area is 110 Å². The van der Waals surface area contributed by atoms with Gasteiger partial charge in [-0.15, -0.1) is 0 Å². The first-order valence-corrected chi connectivity index (χ1v) is 7.45. The largest absolute Gasteiger partial charge is 0.453 e. The standard InChI is InChI=1S/C13H13FO4S/c1-13(2,19(3,16)17)12(15)11-7-8-6-9(14)4-5-10(8)18-11/h4-7H,1-3H3. The lowest BCUT2D eigenvalue weighted by atomic mass is 10.1. The van der Waals surface area contributed by atoms with Gasteiger partial charge < -0.3 is 4.42 Å². The van der Waals surface area contributed by atoms with Crippen molar-refractivity contribution in [1.29, 1.82) is 0 Å². The third-order valence-electron chi connectivity index (χ3n) is 3.18. The molecule has 1 aromatic carbocycles. The van der Waals surface area contributed by atoms with Crippen LogP contribution < -0.4 is 0 Å². The molecule has 0 unspecified atom stereocenters. The molecule has 2 aromatic rings. The average Bonchev–Trinajstić information content (AvgIpc) is 2.68. The van der Waals surface area contributed by atoms with Crippen LogP contribution in [0.5, 0.6) is 0 Å². The van der Waals surface area contributed by atoms with E-state index in [0.717, 1.165) is 6.26 Å². The topological polar surface area (TPSA) is 64.3 Å². The number of Topliss-reactive ketones (excluding diaryl/α,β-unsaturated/α-hetero) is 1. The molecular weight excluding hydrogens is 271 g/mol. The van der Waals surface area contributed by atoms with Gasteiger partial charge in [0.05, 0.1) is 0 Å². The lowest BCUT2D eigenvalue weighted by molar-refractivity contribution is 0.0928. The van der Waals surface area contributed by atoms with Gasteiger partial charge in [0.1, 0.15) is 16.1 Å². The molecule has 0 aliphatic carbocycles. The van der Waals surface area contributed by atoms with Crippen molar-refractivity contribution in [2.75, 3.05) is 6.26 Å². The fraction of sp³-hybridized carbons (Fsp3) is 0.308. The molecule has 0 saturated heterocycles. The zero-order valence-electron chi connectivity index (χ0n) is 10.7. The van der Waals surface area contributed by atoms with Crippen LogP contribution in [0, 0.1) is 5.82 Å². The third kappa shape index (κ3) is 2.28. The molecule has 1 heterocycles. The van der Waals surface area contributed by atoms with Gasteiger partial charge in [0.15, 0.2) is 15.6 Å². The van der Waals surface area contributed by atoms with Crippen molar-refractivity contribution in [3.05, 3.63) is 35.8 Å². The molecule has 0 spiro atoms. The normalized spacial score (nSPS) is 12.8. The molecule has 0 fully saturated rings. The summed E-state index contributed by atoms with van der Waals surface area (Å²) in [7, 11) is -3.58. The molecule has 6 heteroatoms. The molecule has 2 rings (SSSR count). The first-order chi connectivity index (χ1) is 8.63. The zero-order chi connectivity index (χ0) is 14.4. The fourth-order valence-corrected chi connectivity index (χ4v) is 2.03. The molecule has 1 aromatic heterocycles. The van der Waals surface area contributed by atoms with Gasteiger partial charge in [-0.1, -0.05) is 0 Å². The molecule has 0 bridgehead atoms. The number of carbonyl (C=O) groups excluding carboxylic acids is 1. The second-order valence-electron chi connectivity index (χ2n) is 4.90. The number of halogens is 1. The van der Waals surface area contributed by atoms with E-state index in [1.165, 1.54) is 38.1 Å². The molecule has 102 valence electrons. The second-order valence-corrected chi connectivity index (χ2v) is 7.47. The lowest BCUT2D eigenvalue weighted by Crippen LogP contribution is -2.39. The first-order valence-electron chi connectivity index (χ1n) is 5.56. The maximum absolute atomic E-state index is 13.0. The van der Waals surface area contributed by atoms with E-state index in [4.69, 9.17) is 4.42 Å². The van der Waals surface area contributed by atoms with E-state index in [1.54, 1.807) is 0 Å². The number of sulfone groups is 1. The Hall–Kier alpha value is -1.69. The van der Waals surface area contributed by atoms with Crippen LogP contribution in [0.15, 0.2) is 28.7 Å². The highest BCUT2D eigenvalue weighted by molar-refractivity contribution is 7.92. The summed E-state index contributed by atoms with van der Waals surface area (Å²) >= 11 is 0. The minimum atomic E-state index is -3.58. The van der Waals surface area contributed by atoms with Gasteiger partial charge in [-0.05, 0) is 38.1 Å². The van der Waals surface area contributed by atoms with E-state index in [-0.39, 0.29) is 5.76 Å². The van der Waals surface area contributed by atoms with Crippen molar-refractivity contribution in [1.82, 2.24) is 0 Å². The van der Waals surface area contributed by atoms with E-state index >= 15 is 0 Å². The Kier molecular flexibility index (Phi) is 3.01. The van der Waals surface area contributed by atoms with Crippen LogP contribution in [-0.2, 0) is 9.84 Å². The maximum Gasteiger partial charge on any atom is 0.218 e. The minimum Gasteiger partial charge on any atom is -0.453 e. The summed E-state index contributed by atoms with van der Waals surface area (Å²) in [5.41, 5.74) is 0.342. The van der Waals surface area contributed by atoms with Gasteiger partial charge in [-0.3, -0.25) is 4.79 Å². The Bertz CT molecular complexity index is 756. The Morgan fingerprint density at radius 2 is 1.89 bits per heavy atom. The smallest absolute Gasteiger partial charge is 0.218 e. The van der Waals surface area contributed by atoms with Crippen LogP contribution in [0.2, 0.25) is 0 Å². The molecule has 0 aliphatic heterocycles. The third-order valence-corrected chi connectivity index (χ3v) is 5.22. The highest BCUT2D eigenvalue weighted by atomic mass is 32.2. The van der Waals surface area contributed by atoms with Crippen molar-refractivity contribution in [2.45, 2.75) is 18.6 Å². The SMILES string of the molecule is CC(C)(C(=O)c1cc2cc(F)ccc2o1)S(C)(=O)=O. The van der Waals surface area contributed by atoms with Crippen molar-refractivity contribution < 1.29 is 22.0 Å². The molecule has 0 saturated carbocycles. The average molecular weight is 284 g/mol. The number of hydrogen-bond acceptors (Lipinski definition) is 4. The molecule has 19 heavy (non-hydrogen) atoms. The number of fused-ring (bicyclic) bond motifs is 1. The Morgan fingerprint density at radius 3 is 2.47 bits per heavy atom. The maximum atomic E-state index is 13.0. The van der Waals surface area contributed by atoms with E-state index < -0.39 is 26.2 Å².